The van der Waals surface area contributed by atoms with Crippen molar-refractivity contribution >= 4 is 79.2 Å². The van der Waals surface area contributed by atoms with Gasteiger partial charge in [0.15, 0.2) is 12.4 Å². The second-order valence-electron chi connectivity index (χ2n) is 12.7. The predicted molar refractivity (Wildman–Crippen MR) is 216 cm³/mol. The zero-order valence-corrected chi connectivity index (χ0v) is 29.4. The highest BCUT2D eigenvalue weighted by atomic mass is 31.2. The van der Waals surface area contributed by atoms with Crippen molar-refractivity contribution in [3.8, 4) is 5.69 Å². The summed E-state index contributed by atoms with van der Waals surface area (Å²) >= 11 is 0. The van der Waals surface area contributed by atoms with Gasteiger partial charge in [0.2, 0.25) is 7.49 Å². The van der Waals surface area contributed by atoms with Gasteiger partial charge in [-0.3, -0.25) is 4.98 Å². The average Bonchev–Trinajstić information content (AvgIpc) is 3.55. The first-order valence-corrected chi connectivity index (χ1v) is 20.4. The van der Waals surface area contributed by atoms with Crippen molar-refractivity contribution in [2.45, 2.75) is 0 Å². The fourth-order valence-corrected chi connectivity index (χ4v) is 12.6. The minimum atomic E-state index is -3.11. The van der Waals surface area contributed by atoms with Gasteiger partial charge in [-0.25, -0.2) is 4.89 Å². The molecule has 0 saturated carbocycles. The van der Waals surface area contributed by atoms with Crippen LogP contribution < -0.4 is 31.8 Å². The summed E-state index contributed by atoms with van der Waals surface area (Å²) in [5.41, 5.74) is 3.95. The third-order valence-corrected chi connectivity index (χ3v) is 16.0. The largest absolute Gasteiger partial charge is 0.309 e. The second-order valence-corrected chi connectivity index (χ2v) is 18.3. The molecule has 1 unspecified atom stereocenters. The van der Waals surface area contributed by atoms with Crippen LogP contribution >= 0.6 is 14.6 Å². The van der Waals surface area contributed by atoms with Crippen LogP contribution in [0.1, 0.15) is 0 Å². The SMILES string of the molecule is O=P(c1ccccc1)(c1ccccc1)c1ccc(-n2c3ccccc3c3cc([P+](O)(c4ccccc4)c4cnc5ccccc5c4)ccc32)cc1. The maximum Gasteiger partial charge on any atom is 0.240 e. The molecular weight excluding hydrogens is 662 g/mol. The van der Waals surface area contributed by atoms with Crippen LogP contribution in [0, 0.1) is 0 Å². The molecule has 0 aliphatic heterocycles. The minimum Gasteiger partial charge on any atom is -0.309 e. The summed E-state index contributed by atoms with van der Waals surface area (Å²) in [5.74, 6) is 0. The van der Waals surface area contributed by atoms with Crippen LogP contribution in [0.3, 0.4) is 0 Å². The van der Waals surface area contributed by atoms with Crippen molar-refractivity contribution in [1.82, 2.24) is 9.55 Å². The number of rotatable bonds is 7. The predicted octanol–water partition coefficient (Wildman–Crippen LogP) is 8.17. The molecule has 51 heavy (non-hydrogen) atoms. The topological polar surface area (TPSA) is 55.1 Å². The van der Waals surface area contributed by atoms with Gasteiger partial charge in [-0.2, -0.15) is 0 Å². The van der Waals surface area contributed by atoms with Crippen LogP contribution in [0.25, 0.3) is 38.4 Å². The van der Waals surface area contributed by atoms with Crippen LogP contribution in [0.4, 0.5) is 0 Å². The Bertz CT molecular complexity index is 2690. The molecule has 1 N–H and O–H groups in total. The van der Waals surface area contributed by atoms with Gasteiger partial charge >= 0.3 is 0 Å². The normalized spacial score (nSPS) is 13.0. The van der Waals surface area contributed by atoms with Gasteiger partial charge in [0, 0.05) is 37.8 Å². The lowest BCUT2D eigenvalue weighted by molar-refractivity contribution is 0.592. The molecule has 0 spiro atoms. The van der Waals surface area contributed by atoms with Crippen molar-refractivity contribution in [3.63, 3.8) is 0 Å². The molecule has 0 aliphatic rings. The highest BCUT2D eigenvalue weighted by Crippen LogP contribution is 2.52. The Morgan fingerprint density at radius 3 is 1.76 bits per heavy atom. The third-order valence-electron chi connectivity index (χ3n) is 9.82. The van der Waals surface area contributed by atoms with E-state index >= 15 is 4.57 Å². The van der Waals surface area contributed by atoms with E-state index in [9.17, 15) is 4.89 Å². The molecule has 9 rings (SSSR count). The number of hydrogen-bond donors (Lipinski definition) is 1. The lowest BCUT2D eigenvalue weighted by Gasteiger charge is -2.21. The third kappa shape index (κ3) is 5.15. The quantitative estimate of drug-likeness (QED) is 0.171. The Labute approximate surface area is 297 Å². The molecule has 0 radical (unpaired) electrons. The highest BCUT2D eigenvalue weighted by Gasteiger charge is 2.45. The van der Waals surface area contributed by atoms with Gasteiger partial charge in [-0.15, -0.1) is 0 Å². The molecule has 6 heteroatoms. The van der Waals surface area contributed by atoms with Crippen molar-refractivity contribution in [3.05, 3.63) is 194 Å². The maximum atomic E-state index is 15.0. The number of nitrogens with zero attached hydrogens (tertiary/aromatic N) is 2. The second kappa shape index (κ2) is 12.6. The molecule has 1 atom stereocenters. The fourth-order valence-electron chi connectivity index (χ4n) is 7.30. The van der Waals surface area contributed by atoms with E-state index < -0.39 is 14.6 Å². The van der Waals surface area contributed by atoms with Crippen molar-refractivity contribution in [2.24, 2.45) is 0 Å². The summed E-state index contributed by atoms with van der Waals surface area (Å²) in [7, 11) is -6.17. The smallest absolute Gasteiger partial charge is 0.240 e. The summed E-state index contributed by atoms with van der Waals surface area (Å²) < 4.78 is 17.3. The summed E-state index contributed by atoms with van der Waals surface area (Å²) in [6.07, 6.45) is 1.84. The average molecular weight is 696 g/mol. The van der Waals surface area contributed by atoms with E-state index in [4.69, 9.17) is 4.98 Å². The molecule has 2 aromatic heterocycles. The highest BCUT2D eigenvalue weighted by molar-refractivity contribution is 7.91. The first-order chi connectivity index (χ1) is 25.0. The standard InChI is InChI=1S/C45H33N2O2P2/c48-50(35-15-4-1-5-16-35,36-17-6-2-7-18-36)38-26-24-34(25-27-38)47-44-23-13-11-21-41(44)42-31-39(28-29-45(42)47)51(49,37-19-8-3-9-20-37)40-30-33-14-10-12-22-43(33)46-32-40/h1-32,49H/q+1. The number of aromatic nitrogens is 2. The van der Waals surface area contributed by atoms with Crippen LogP contribution in [-0.2, 0) is 4.57 Å². The van der Waals surface area contributed by atoms with Gasteiger partial charge in [0.25, 0.3) is 0 Å². The first-order valence-electron chi connectivity index (χ1n) is 16.9. The zero-order valence-electron chi connectivity index (χ0n) is 27.6. The van der Waals surface area contributed by atoms with Gasteiger partial charge in [-0.1, -0.05) is 115 Å². The number of fused-ring (bicyclic) bond motifs is 4. The van der Waals surface area contributed by atoms with Crippen LogP contribution in [-0.4, -0.2) is 14.4 Å². The van der Waals surface area contributed by atoms with Gasteiger partial charge < -0.3 is 9.13 Å². The molecule has 0 saturated heterocycles. The Morgan fingerprint density at radius 2 is 1.06 bits per heavy atom. The van der Waals surface area contributed by atoms with E-state index in [-0.39, 0.29) is 0 Å². The Kier molecular flexibility index (Phi) is 7.75. The van der Waals surface area contributed by atoms with E-state index in [2.05, 4.69) is 65.2 Å². The molecule has 244 valence electrons. The molecule has 0 fully saturated rings. The fraction of sp³-hybridized carbons (Fsp3) is 0. The van der Waals surface area contributed by atoms with E-state index in [1.807, 2.05) is 134 Å². The number of pyridine rings is 1. The van der Waals surface area contributed by atoms with Crippen LogP contribution in [0.2, 0.25) is 0 Å². The molecule has 2 heterocycles. The van der Waals surface area contributed by atoms with Gasteiger partial charge in [0.1, 0.15) is 10.6 Å². The molecule has 9 aromatic rings. The molecule has 7 aromatic carbocycles. The summed E-state index contributed by atoms with van der Waals surface area (Å²) in [6, 6.07) is 62.5. The summed E-state index contributed by atoms with van der Waals surface area (Å²) in [4.78, 5) is 17.7. The lowest BCUT2D eigenvalue weighted by Crippen LogP contribution is -2.31. The molecule has 0 amide bonds. The van der Waals surface area contributed by atoms with E-state index in [0.29, 0.717) is 0 Å². The van der Waals surface area contributed by atoms with Gasteiger partial charge in [0.05, 0.1) is 22.7 Å². The van der Waals surface area contributed by atoms with Crippen LogP contribution in [0.15, 0.2) is 194 Å². The van der Waals surface area contributed by atoms with E-state index in [1.54, 1.807) is 0 Å². The Hall–Kier alpha value is -5.63. The number of benzene rings is 7. The molecule has 0 aliphatic carbocycles. The maximum absolute atomic E-state index is 15.0. The minimum absolute atomic E-state index is 0.786. The van der Waals surface area contributed by atoms with Gasteiger partial charge in [-0.05, 0) is 72.8 Å². The Morgan fingerprint density at radius 1 is 0.490 bits per heavy atom. The lowest BCUT2D eigenvalue weighted by atomic mass is 10.1. The zero-order chi connectivity index (χ0) is 34.4. The van der Waals surface area contributed by atoms with E-state index in [1.165, 1.54) is 0 Å². The molecular formula is C45H33N2O2P2+. The molecule has 0 bridgehead atoms. The summed E-state index contributed by atoms with van der Waals surface area (Å²) in [5, 5.41) is 8.09. The molecule has 4 nitrogen and oxygen atoms in total. The number of para-hydroxylation sites is 2. The Balaban J connectivity index is 1.21. The van der Waals surface area contributed by atoms with Crippen molar-refractivity contribution < 1.29 is 9.46 Å². The first kappa shape index (κ1) is 31.4. The van der Waals surface area contributed by atoms with Crippen molar-refractivity contribution in [2.75, 3.05) is 0 Å². The van der Waals surface area contributed by atoms with Crippen LogP contribution in [0.5, 0.6) is 0 Å². The monoisotopic (exact) mass is 695 g/mol. The van der Waals surface area contributed by atoms with E-state index in [0.717, 1.165) is 70.2 Å². The number of hydrogen-bond acceptors (Lipinski definition) is 3. The van der Waals surface area contributed by atoms with Crippen molar-refractivity contribution in [1.29, 1.82) is 0 Å². The summed E-state index contributed by atoms with van der Waals surface area (Å²) in [6.45, 7) is 0.